The lowest BCUT2D eigenvalue weighted by Gasteiger charge is -2.30. The van der Waals surface area contributed by atoms with Crippen LogP contribution in [0.4, 0.5) is 0 Å². The van der Waals surface area contributed by atoms with E-state index in [1.807, 2.05) is 55.7 Å². The molecule has 3 heterocycles. The number of pyridine rings is 2. The van der Waals surface area contributed by atoms with Crippen molar-refractivity contribution < 1.29 is 4.79 Å². The molecule has 1 fully saturated rings. The zero-order chi connectivity index (χ0) is 18.6. The molecule has 138 valence electrons. The van der Waals surface area contributed by atoms with Crippen molar-refractivity contribution in [1.82, 2.24) is 19.8 Å². The molecule has 1 amide bonds. The normalized spacial score (nSPS) is 15.7. The van der Waals surface area contributed by atoms with Crippen LogP contribution in [0.15, 0.2) is 60.9 Å². The van der Waals surface area contributed by atoms with E-state index in [1.165, 1.54) is 0 Å². The molecule has 5 nitrogen and oxygen atoms in total. The van der Waals surface area contributed by atoms with Crippen LogP contribution in [-0.4, -0.2) is 45.8 Å². The second-order valence-electron chi connectivity index (χ2n) is 7.12. The Balaban J connectivity index is 1.56. The Morgan fingerprint density at radius 3 is 2.70 bits per heavy atom. The largest absolute Gasteiger partial charge is 0.338 e. The smallest absolute Gasteiger partial charge is 0.244 e. The third-order valence-electron chi connectivity index (χ3n) is 5.17. The molecule has 1 atom stereocenters. The van der Waals surface area contributed by atoms with Gasteiger partial charge in [-0.25, -0.2) is 0 Å². The van der Waals surface area contributed by atoms with Crippen LogP contribution in [0, 0.1) is 0 Å². The van der Waals surface area contributed by atoms with Crippen LogP contribution in [0.1, 0.15) is 30.1 Å². The minimum absolute atomic E-state index is 0.0971. The Kier molecular flexibility index (Phi) is 5.12. The molecule has 0 aliphatic carbocycles. The summed E-state index contributed by atoms with van der Waals surface area (Å²) >= 11 is 0. The average Bonchev–Trinajstić information content (AvgIpc) is 3.23. The van der Waals surface area contributed by atoms with Gasteiger partial charge in [0.25, 0.3) is 0 Å². The number of aromatic nitrogens is 2. The Hall–Kier alpha value is -2.79. The summed E-state index contributed by atoms with van der Waals surface area (Å²) in [5.41, 5.74) is 2.82. The highest BCUT2D eigenvalue weighted by Crippen LogP contribution is 2.27. The van der Waals surface area contributed by atoms with Crippen LogP contribution in [0.5, 0.6) is 0 Å². The molecule has 1 aromatic carbocycles. The van der Waals surface area contributed by atoms with Crippen molar-refractivity contribution in [2.45, 2.75) is 25.4 Å². The number of hydrogen-bond donors (Lipinski definition) is 0. The number of likely N-dealkylation sites (N-methyl/N-ethyl adjacent to an activating group) is 1. The van der Waals surface area contributed by atoms with Crippen molar-refractivity contribution in [3.63, 3.8) is 0 Å². The first-order chi connectivity index (χ1) is 13.2. The van der Waals surface area contributed by atoms with Crippen LogP contribution in [0.3, 0.4) is 0 Å². The predicted molar refractivity (Wildman–Crippen MR) is 106 cm³/mol. The van der Waals surface area contributed by atoms with Gasteiger partial charge in [0.2, 0.25) is 5.91 Å². The second kappa shape index (κ2) is 7.84. The topological polar surface area (TPSA) is 49.3 Å². The van der Waals surface area contributed by atoms with E-state index < -0.39 is 0 Å². The van der Waals surface area contributed by atoms with Gasteiger partial charge in [0.1, 0.15) is 6.04 Å². The second-order valence-corrected chi connectivity index (χ2v) is 7.12. The van der Waals surface area contributed by atoms with E-state index in [0.717, 1.165) is 48.1 Å². The standard InChI is InChI=1S/C22H24N4O/c1-25(16-19-11-10-17-7-2-3-9-20(17)24-19)22(27)21(26-13-4-5-14-26)18-8-6-12-23-15-18/h2-3,6-12,15,21H,4-5,13-14,16H2,1H3/t21-/m0/s1. The number of rotatable bonds is 5. The minimum Gasteiger partial charge on any atom is -0.338 e. The Morgan fingerprint density at radius 1 is 1.11 bits per heavy atom. The van der Waals surface area contributed by atoms with Gasteiger partial charge >= 0.3 is 0 Å². The Bertz CT molecular complexity index is 922. The van der Waals surface area contributed by atoms with Gasteiger partial charge in [-0.05, 0) is 49.7 Å². The summed E-state index contributed by atoms with van der Waals surface area (Å²) in [5.74, 6) is 0.0971. The molecule has 0 N–H and O–H groups in total. The summed E-state index contributed by atoms with van der Waals surface area (Å²) in [4.78, 5) is 26.3. The zero-order valence-electron chi connectivity index (χ0n) is 15.6. The molecule has 4 rings (SSSR count). The van der Waals surface area contributed by atoms with Crippen LogP contribution in [0.25, 0.3) is 10.9 Å². The maximum atomic E-state index is 13.3. The lowest BCUT2D eigenvalue weighted by Crippen LogP contribution is -2.40. The quantitative estimate of drug-likeness (QED) is 0.699. The lowest BCUT2D eigenvalue weighted by atomic mass is 10.1. The SMILES string of the molecule is CN(Cc1ccc2ccccc2n1)C(=O)[C@H](c1cccnc1)N1CCCC1. The van der Waals surface area contributed by atoms with Gasteiger partial charge < -0.3 is 4.90 Å². The maximum absolute atomic E-state index is 13.3. The molecule has 0 saturated carbocycles. The van der Waals surface area contributed by atoms with Crippen molar-refractivity contribution in [2.75, 3.05) is 20.1 Å². The van der Waals surface area contributed by atoms with Crippen LogP contribution in [-0.2, 0) is 11.3 Å². The number of benzene rings is 1. The number of para-hydroxylation sites is 1. The molecule has 0 spiro atoms. The summed E-state index contributed by atoms with van der Waals surface area (Å²) in [5, 5.41) is 1.11. The van der Waals surface area contributed by atoms with Gasteiger partial charge in [-0.2, -0.15) is 0 Å². The molecule has 5 heteroatoms. The number of amides is 1. The van der Waals surface area contributed by atoms with Crippen molar-refractivity contribution in [2.24, 2.45) is 0 Å². The van der Waals surface area contributed by atoms with E-state index in [9.17, 15) is 4.79 Å². The van der Waals surface area contributed by atoms with Crippen LogP contribution in [0.2, 0.25) is 0 Å². The third-order valence-corrected chi connectivity index (χ3v) is 5.17. The molecular weight excluding hydrogens is 336 g/mol. The maximum Gasteiger partial charge on any atom is 0.244 e. The molecular formula is C22H24N4O. The zero-order valence-corrected chi connectivity index (χ0v) is 15.6. The van der Waals surface area contributed by atoms with Gasteiger partial charge in [-0.15, -0.1) is 0 Å². The fourth-order valence-corrected chi connectivity index (χ4v) is 3.77. The molecule has 27 heavy (non-hydrogen) atoms. The van der Waals surface area contributed by atoms with Crippen LogP contribution < -0.4 is 0 Å². The summed E-state index contributed by atoms with van der Waals surface area (Å²) < 4.78 is 0. The van der Waals surface area contributed by atoms with E-state index in [1.54, 1.807) is 11.1 Å². The first-order valence-electron chi connectivity index (χ1n) is 9.46. The fourth-order valence-electron chi connectivity index (χ4n) is 3.77. The number of nitrogens with zero attached hydrogens (tertiary/aromatic N) is 4. The molecule has 2 aromatic heterocycles. The van der Waals surface area contributed by atoms with E-state index in [-0.39, 0.29) is 11.9 Å². The molecule has 3 aromatic rings. The third kappa shape index (κ3) is 3.83. The Morgan fingerprint density at radius 2 is 1.93 bits per heavy atom. The van der Waals surface area contributed by atoms with Crippen molar-refractivity contribution in [3.8, 4) is 0 Å². The number of likely N-dealkylation sites (tertiary alicyclic amines) is 1. The highest BCUT2D eigenvalue weighted by molar-refractivity contribution is 5.83. The predicted octanol–water partition coefficient (Wildman–Crippen LogP) is 3.43. The molecule has 0 radical (unpaired) electrons. The number of carbonyl (C=O) groups is 1. The van der Waals surface area contributed by atoms with E-state index in [4.69, 9.17) is 4.98 Å². The molecule has 1 aliphatic rings. The number of fused-ring (bicyclic) bond motifs is 1. The van der Waals surface area contributed by atoms with Gasteiger partial charge in [0.15, 0.2) is 0 Å². The van der Waals surface area contributed by atoms with E-state index >= 15 is 0 Å². The Labute approximate surface area is 159 Å². The fraction of sp³-hybridized carbons (Fsp3) is 0.318. The molecule has 1 saturated heterocycles. The van der Waals surface area contributed by atoms with Gasteiger partial charge in [-0.1, -0.05) is 30.3 Å². The minimum atomic E-state index is -0.272. The van der Waals surface area contributed by atoms with E-state index in [0.29, 0.717) is 6.54 Å². The monoisotopic (exact) mass is 360 g/mol. The first-order valence-corrected chi connectivity index (χ1v) is 9.46. The number of hydrogen-bond acceptors (Lipinski definition) is 4. The summed E-state index contributed by atoms with van der Waals surface area (Å²) in [7, 11) is 1.86. The first kappa shape index (κ1) is 17.6. The average molecular weight is 360 g/mol. The van der Waals surface area contributed by atoms with Crippen molar-refractivity contribution in [1.29, 1.82) is 0 Å². The lowest BCUT2D eigenvalue weighted by molar-refractivity contribution is -0.136. The summed E-state index contributed by atoms with van der Waals surface area (Å²) in [6.07, 6.45) is 5.83. The van der Waals surface area contributed by atoms with Gasteiger partial charge in [0.05, 0.1) is 17.8 Å². The van der Waals surface area contributed by atoms with Crippen molar-refractivity contribution in [3.05, 3.63) is 72.2 Å². The highest BCUT2D eigenvalue weighted by Gasteiger charge is 2.32. The summed E-state index contributed by atoms with van der Waals surface area (Å²) in [6, 6.07) is 15.7. The van der Waals surface area contributed by atoms with Gasteiger partial charge in [-0.3, -0.25) is 19.7 Å². The van der Waals surface area contributed by atoms with E-state index in [2.05, 4.69) is 16.0 Å². The van der Waals surface area contributed by atoms with Crippen LogP contribution >= 0.6 is 0 Å². The van der Waals surface area contributed by atoms with Gasteiger partial charge in [0, 0.05) is 24.8 Å². The highest BCUT2D eigenvalue weighted by atomic mass is 16.2. The molecule has 1 aliphatic heterocycles. The summed E-state index contributed by atoms with van der Waals surface area (Å²) in [6.45, 7) is 2.40. The molecule has 0 unspecified atom stereocenters. The van der Waals surface area contributed by atoms with Crippen molar-refractivity contribution >= 4 is 16.8 Å². The molecule has 0 bridgehead atoms. The number of carbonyl (C=O) groups excluding carboxylic acids is 1.